The molecule has 138 valence electrons. The van der Waals surface area contributed by atoms with Gasteiger partial charge in [0.15, 0.2) is 0 Å². The first-order chi connectivity index (χ1) is 13.1. The van der Waals surface area contributed by atoms with Gasteiger partial charge in [0.2, 0.25) is 0 Å². The number of amides is 1. The van der Waals surface area contributed by atoms with Crippen molar-refractivity contribution in [3.8, 4) is 5.75 Å². The van der Waals surface area contributed by atoms with Gasteiger partial charge in [-0.15, -0.1) is 11.3 Å². The van der Waals surface area contributed by atoms with Crippen LogP contribution in [0.15, 0.2) is 53.9 Å². The maximum absolute atomic E-state index is 13.3. The first kappa shape index (κ1) is 17.7. The minimum atomic E-state index is 0.0182. The minimum absolute atomic E-state index is 0.0182. The normalized spacial score (nSPS) is 16.1. The fourth-order valence-corrected chi connectivity index (χ4v) is 4.08. The average molecular weight is 378 g/mol. The number of ether oxygens (including phenoxy) is 1. The van der Waals surface area contributed by atoms with Crippen molar-refractivity contribution in [1.82, 2.24) is 4.98 Å². The van der Waals surface area contributed by atoms with Crippen LogP contribution in [-0.2, 0) is 13.0 Å². The Morgan fingerprint density at radius 1 is 1.26 bits per heavy atom. The summed E-state index contributed by atoms with van der Waals surface area (Å²) >= 11 is 1.61. The van der Waals surface area contributed by atoms with Gasteiger partial charge >= 0.3 is 0 Å². The summed E-state index contributed by atoms with van der Waals surface area (Å²) in [6, 6.07) is 15.8. The number of anilines is 1. The van der Waals surface area contributed by atoms with Gasteiger partial charge in [-0.25, -0.2) is 4.98 Å². The SMILES string of the molecule is Cc1nc(COc2cccc(C(=O)N3c4ccccc4CCC3C)c2)cs1. The number of hydrogen-bond acceptors (Lipinski definition) is 4. The summed E-state index contributed by atoms with van der Waals surface area (Å²) in [4.78, 5) is 19.6. The number of rotatable bonds is 4. The molecule has 27 heavy (non-hydrogen) atoms. The summed E-state index contributed by atoms with van der Waals surface area (Å²) in [5.41, 5.74) is 3.80. The zero-order valence-electron chi connectivity index (χ0n) is 15.5. The molecule has 1 aliphatic heterocycles. The Bertz CT molecular complexity index is 966. The Labute approximate surface area is 163 Å². The molecule has 0 saturated heterocycles. The molecular weight excluding hydrogens is 356 g/mol. The van der Waals surface area contributed by atoms with E-state index in [-0.39, 0.29) is 11.9 Å². The molecular formula is C22H22N2O2S. The Morgan fingerprint density at radius 2 is 2.11 bits per heavy atom. The standard InChI is InChI=1S/C22H22N2O2S/c1-15-10-11-17-6-3-4-9-21(17)24(15)22(25)18-7-5-8-20(12-18)26-13-19-14-27-16(2)23-19/h3-9,12,14-15H,10-11,13H2,1-2H3. The van der Waals surface area contributed by atoms with E-state index < -0.39 is 0 Å². The van der Waals surface area contributed by atoms with Crippen molar-refractivity contribution in [2.24, 2.45) is 0 Å². The van der Waals surface area contributed by atoms with Crippen LogP contribution in [-0.4, -0.2) is 16.9 Å². The fourth-order valence-electron chi connectivity index (χ4n) is 3.49. The van der Waals surface area contributed by atoms with Crippen LogP contribution in [0.3, 0.4) is 0 Å². The van der Waals surface area contributed by atoms with Gasteiger partial charge in [-0.1, -0.05) is 24.3 Å². The van der Waals surface area contributed by atoms with E-state index in [1.807, 2.05) is 59.7 Å². The van der Waals surface area contributed by atoms with Crippen LogP contribution in [0.1, 0.15) is 40.0 Å². The van der Waals surface area contributed by atoms with E-state index in [2.05, 4.69) is 18.0 Å². The average Bonchev–Trinajstić information content (AvgIpc) is 3.11. The predicted octanol–water partition coefficient (Wildman–Crippen LogP) is 5.01. The highest BCUT2D eigenvalue weighted by Crippen LogP contribution is 2.32. The van der Waals surface area contributed by atoms with Crippen molar-refractivity contribution in [1.29, 1.82) is 0 Å². The zero-order valence-corrected chi connectivity index (χ0v) is 16.3. The highest BCUT2D eigenvalue weighted by molar-refractivity contribution is 7.09. The lowest BCUT2D eigenvalue weighted by Crippen LogP contribution is -2.42. The molecule has 1 aliphatic rings. The third kappa shape index (κ3) is 3.74. The molecule has 3 aromatic rings. The molecule has 1 unspecified atom stereocenters. The van der Waals surface area contributed by atoms with Crippen molar-refractivity contribution in [3.05, 3.63) is 75.7 Å². The van der Waals surface area contributed by atoms with Crippen LogP contribution in [0.5, 0.6) is 5.75 Å². The Kier molecular flexibility index (Phi) is 4.94. The smallest absolute Gasteiger partial charge is 0.258 e. The molecule has 2 heterocycles. The second-order valence-corrected chi connectivity index (χ2v) is 7.93. The maximum Gasteiger partial charge on any atom is 0.258 e. The summed E-state index contributed by atoms with van der Waals surface area (Å²) < 4.78 is 5.85. The number of hydrogen-bond donors (Lipinski definition) is 0. The highest BCUT2D eigenvalue weighted by atomic mass is 32.1. The van der Waals surface area contributed by atoms with Crippen LogP contribution in [0.25, 0.3) is 0 Å². The van der Waals surface area contributed by atoms with Crippen molar-refractivity contribution < 1.29 is 9.53 Å². The van der Waals surface area contributed by atoms with Crippen LogP contribution in [0.4, 0.5) is 5.69 Å². The number of carbonyl (C=O) groups excluding carboxylic acids is 1. The van der Waals surface area contributed by atoms with Crippen LogP contribution >= 0.6 is 11.3 Å². The van der Waals surface area contributed by atoms with Crippen molar-refractivity contribution in [2.75, 3.05) is 4.90 Å². The number of para-hydroxylation sites is 1. The molecule has 2 aromatic carbocycles. The number of nitrogens with zero attached hydrogens (tertiary/aromatic N) is 2. The van der Waals surface area contributed by atoms with Crippen LogP contribution < -0.4 is 9.64 Å². The number of carbonyl (C=O) groups is 1. The van der Waals surface area contributed by atoms with Gasteiger partial charge in [0.05, 0.1) is 10.7 Å². The van der Waals surface area contributed by atoms with Gasteiger partial charge in [0, 0.05) is 22.7 Å². The molecule has 1 aromatic heterocycles. The van der Waals surface area contributed by atoms with E-state index in [9.17, 15) is 4.79 Å². The predicted molar refractivity (Wildman–Crippen MR) is 109 cm³/mol. The lowest BCUT2D eigenvalue weighted by molar-refractivity contribution is 0.0974. The number of aryl methyl sites for hydroxylation is 2. The Hall–Kier alpha value is -2.66. The van der Waals surface area contributed by atoms with Crippen LogP contribution in [0, 0.1) is 6.92 Å². The third-order valence-corrected chi connectivity index (χ3v) is 5.70. The number of aromatic nitrogens is 1. The Balaban J connectivity index is 1.55. The summed E-state index contributed by atoms with van der Waals surface area (Å²) in [6.45, 7) is 4.49. The quantitative estimate of drug-likeness (QED) is 0.641. The molecule has 0 aliphatic carbocycles. The molecule has 0 N–H and O–H groups in total. The highest BCUT2D eigenvalue weighted by Gasteiger charge is 2.28. The van der Waals surface area contributed by atoms with Crippen molar-refractivity contribution in [2.45, 2.75) is 39.3 Å². The number of benzene rings is 2. The van der Waals surface area contributed by atoms with Gasteiger partial charge in [0.25, 0.3) is 5.91 Å². The van der Waals surface area contributed by atoms with E-state index in [4.69, 9.17) is 4.74 Å². The number of thiazole rings is 1. The molecule has 1 atom stereocenters. The maximum atomic E-state index is 13.3. The summed E-state index contributed by atoms with van der Waals surface area (Å²) in [7, 11) is 0. The zero-order chi connectivity index (χ0) is 18.8. The monoisotopic (exact) mass is 378 g/mol. The van der Waals surface area contributed by atoms with Crippen molar-refractivity contribution >= 4 is 22.9 Å². The van der Waals surface area contributed by atoms with Crippen molar-refractivity contribution in [3.63, 3.8) is 0 Å². The van der Waals surface area contributed by atoms with E-state index in [1.165, 1.54) is 5.56 Å². The minimum Gasteiger partial charge on any atom is -0.487 e. The van der Waals surface area contributed by atoms with Gasteiger partial charge in [0.1, 0.15) is 12.4 Å². The molecule has 0 fully saturated rings. The van der Waals surface area contributed by atoms with E-state index in [0.29, 0.717) is 17.9 Å². The summed E-state index contributed by atoms with van der Waals surface area (Å²) in [5, 5.41) is 3.02. The largest absolute Gasteiger partial charge is 0.487 e. The molecule has 0 saturated carbocycles. The second-order valence-electron chi connectivity index (χ2n) is 6.87. The second kappa shape index (κ2) is 7.53. The lowest BCUT2D eigenvalue weighted by Gasteiger charge is -2.35. The molecule has 4 nitrogen and oxygen atoms in total. The summed E-state index contributed by atoms with van der Waals surface area (Å²) in [6.07, 6.45) is 1.99. The van der Waals surface area contributed by atoms with Gasteiger partial charge in [-0.2, -0.15) is 0 Å². The first-order valence-corrected chi connectivity index (χ1v) is 10.0. The van der Waals surface area contributed by atoms with E-state index >= 15 is 0 Å². The summed E-state index contributed by atoms with van der Waals surface area (Å²) in [5.74, 6) is 0.703. The lowest BCUT2D eigenvalue weighted by atomic mass is 9.95. The molecule has 4 rings (SSSR count). The molecule has 0 spiro atoms. The van der Waals surface area contributed by atoms with E-state index in [0.717, 1.165) is 29.2 Å². The first-order valence-electron chi connectivity index (χ1n) is 9.17. The fraction of sp³-hybridized carbons (Fsp3) is 0.273. The molecule has 0 radical (unpaired) electrons. The molecule has 0 bridgehead atoms. The number of fused-ring (bicyclic) bond motifs is 1. The molecule has 5 heteroatoms. The Morgan fingerprint density at radius 3 is 2.93 bits per heavy atom. The molecule has 1 amide bonds. The van der Waals surface area contributed by atoms with Gasteiger partial charge in [-0.3, -0.25) is 4.79 Å². The third-order valence-electron chi connectivity index (χ3n) is 4.88. The van der Waals surface area contributed by atoms with Crippen LogP contribution in [0.2, 0.25) is 0 Å². The van der Waals surface area contributed by atoms with Gasteiger partial charge in [-0.05, 0) is 56.5 Å². The van der Waals surface area contributed by atoms with E-state index in [1.54, 1.807) is 11.3 Å². The van der Waals surface area contributed by atoms with Gasteiger partial charge < -0.3 is 9.64 Å². The topological polar surface area (TPSA) is 42.4 Å².